The summed E-state index contributed by atoms with van der Waals surface area (Å²) in [5.74, 6) is 1.21. The topological polar surface area (TPSA) is 97.3 Å². The molecule has 4 rings (SSSR count). The molecule has 0 bridgehead atoms. The minimum atomic E-state index is -0.486. The molecular formula is C24H21N3O4S. The molecule has 0 spiro atoms. The summed E-state index contributed by atoms with van der Waals surface area (Å²) < 4.78 is 5.26. The van der Waals surface area contributed by atoms with Gasteiger partial charge >= 0.3 is 0 Å². The van der Waals surface area contributed by atoms with Crippen molar-refractivity contribution in [3.8, 4) is 17.0 Å². The average Bonchev–Trinajstić information content (AvgIpc) is 3.20. The van der Waals surface area contributed by atoms with Crippen LogP contribution in [-0.2, 0) is 0 Å². The van der Waals surface area contributed by atoms with Gasteiger partial charge in [0.15, 0.2) is 0 Å². The van der Waals surface area contributed by atoms with Crippen molar-refractivity contribution in [2.24, 2.45) is 0 Å². The fraction of sp³-hybridized carbons (Fsp3) is 0.125. The molecule has 162 valence electrons. The normalized spacial score (nSPS) is 10.8. The zero-order valence-corrected chi connectivity index (χ0v) is 18.1. The van der Waals surface area contributed by atoms with Gasteiger partial charge in [-0.25, -0.2) is 0 Å². The van der Waals surface area contributed by atoms with Crippen LogP contribution >= 0.6 is 11.8 Å². The molecule has 1 heterocycles. The van der Waals surface area contributed by atoms with E-state index in [1.807, 2.05) is 42.5 Å². The number of nitro groups is 1. The number of non-ortho nitro benzene ring substituents is 1. The Morgan fingerprint density at radius 1 is 1.06 bits per heavy atom. The van der Waals surface area contributed by atoms with Gasteiger partial charge in [0.05, 0.1) is 17.7 Å². The van der Waals surface area contributed by atoms with Gasteiger partial charge < -0.3 is 15.0 Å². The van der Waals surface area contributed by atoms with Gasteiger partial charge in [-0.2, -0.15) is 0 Å². The summed E-state index contributed by atoms with van der Waals surface area (Å²) >= 11 is 1.66. The van der Waals surface area contributed by atoms with Crippen LogP contribution in [-0.4, -0.2) is 35.2 Å². The number of methoxy groups -OCH3 is 1. The molecule has 2 N–H and O–H groups in total. The highest BCUT2D eigenvalue weighted by Gasteiger charge is 2.14. The lowest BCUT2D eigenvalue weighted by Gasteiger charge is -2.08. The first-order valence-electron chi connectivity index (χ1n) is 9.97. The van der Waals surface area contributed by atoms with Crippen LogP contribution in [0.25, 0.3) is 22.2 Å². The number of amides is 1. The fourth-order valence-electron chi connectivity index (χ4n) is 3.38. The Hall–Kier alpha value is -3.78. The van der Waals surface area contributed by atoms with E-state index in [1.165, 1.54) is 24.3 Å². The maximum atomic E-state index is 12.3. The van der Waals surface area contributed by atoms with Crippen molar-refractivity contribution < 1.29 is 14.5 Å². The van der Waals surface area contributed by atoms with Crippen molar-refractivity contribution in [3.63, 3.8) is 0 Å². The molecule has 3 aromatic carbocycles. The second kappa shape index (κ2) is 9.57. The number of carbonyl (C=O) groups is 1. The van der Waals surface area contributed by atoms with Crippen LogP contribution < -0.4 is 10.1 Å². The average molecular weight is 448 g/mol. The van der Waals surface area contributed by atoms with E-state index in [4.69, 9.17) is 4.74 Å². The van der Waals surface area contributed by atoms with Crippen LogP contribution in [0.1, 0.15) is 10.4 Å². The van der Waals surface area contributed by atoms with Gasteiger partial charge in [0.2, 0.25) is 0 Å². The monoisotopic (exact) mass is 447 g/mol. The van der Waals surface area contributed by atoms with Crippen molar-refractivity contribution in [1.82, 2.24) is 10.3 Å². The predicted molar refractivity (Wildman–Crippen MR) is 126 cm³/mol. The first-order chi connectivity index (χ1) is 15.6. The predicted octanol–water partition coefficient (Wildman–Crippen LogP) is 5.27. The Kier molecular flexibility index (Phi) is 6.42. The molecule has 0 aliphatic heterocycles. The number of fused-ring (bicyclic) bond motifs is 1. The number of carbonyl (C=O) groups excluding carboxylic acids is 1. The van der Waals surface area contributed by atoms with E-state index >= 15 is 0 Å². The quantitative estimate of drug-likeness (QED) is 0.166. The molecule has 0 radical (unpaired) electrons. The molecular weight excluding hydrogens is 426 g/mol. The van der Waals surface area contributed by atoms with Crippen molar-refractivity contribution in [2.45, 2.75) is 4.90 Å². The second-order valence-corrected chi connectivity index (χ2v) is 8.12. The van der Waals surface area contributed by atoms with E-state index in [-0.39, 0.29) is 11.6 Å². The molecule has 32 heavy (non-hydrogen) atoms. The highest BCUT2D eigenvalue weighted by molar-refractivity contribution is 7.99. The number of H-pyrrole nitrogens is 1. The first-order valence-corrected chi connectivity index (χ1v) is 11.0. The van der Waals surface area contributed by atoms with Gasteiger partial charge in [0.25, 0.3) is 11.6 Å². The number of rotatable bonds is 8. The second-order valence-electron chi connectivity index (χ2n) is 7.01. The third-order valence-electron chi connectivity index (χ3n) is 5.01. The summed E-state index contributed by atoms with van der Waals surface area (Å²) in [5, 5.41) is 14.8. The number of nitrogens with one attached hydrogen (secondary N) is 2. The standard InChI is InChI=1S/C24H21N3O4S/c1-31-19-12-8-16(9-13-19)22-23(20-4-2-3-5-21(20)26-22)32-15-14-25-24(28)17-6-10-18(11-7-17)27(29)30/h2-13,26H,14-15H2,1H3,(H,25,28). The number of ether oxygens (including phenoxy) is 1. The first kappa shape index (κ1) is 21.5. The van der Waals surface area contributed by atoms with Crippen molar-refractivity contribution in [3.05, 3.63) is 88.5 Å². The molecule has 0 saturated heterocycles. The minimum Gasteiger partial charge on any atom is -0.497 e. The van der Waals surface area contributed by atoms with Crippen LogP contribution in [0.4, 0.5) is 5.69 Å². The maximum Gasteiger partial charge on any atom is 0.269 e. The zero-order chi connectivity index (χ0) is 22.5. The number of aromatic nitrogens is 1. The largest absolute Gasteiger partial charge is 0.497 e. The van der Waals surface area contributed by atoms with Gasteiger partial charge in [-0.3, -0.25) is 14.9 Å². The van der Waals surface area contributed by atoms with Crippen LogP contribution in [0.3, 0.4) is 0 Å². The summed E-state index contributed by atoms with van der Waals surface area (Å²) in [6.45, 7) is 0.460. The Morgan fingerprint density at radius 2 is 1.78 bits per heavy atom. The molecule has 4 aromatic rings. The molecule has 0 atom stereocenters. The number of nitro benzene ring substituents is 1. The molecule has 7 nitrogen and oxygen atoms in total. The fourth-order valence-corrected chi connectivity index (χ4v) is 4.44. The van der Waals surface area contributed by atoms with Gasteiger partial charge in [-0.1, -0.05) is 18.2 Å². The highest BCUT2D eigenvalue weighted by atomic mass is 32.2. The number of thioether (sulfide) groups is 1. The Labute approximate surface area is 188 Å². The van der Waals surface area contributed by atoms with Crippen molar-refractivity contribution in [2.75, 3.05) is 19.4 Å². The molecule has 1 aromatic heterocycles. The van der Waals surface area contributed by atoms with Gasteiger partial charge in [-0.05, 0) is 48.0 Å². The van der Waals surface area contributed by atoms with Crippen LogP contribution in [0.2, 0.25) is 0 Å². The van der Waals surface area contributed by atoms with Crippen molar-refractivity contribution >= 4 is 34.3 Å². The lowest BCUT2D eigenvalue weighted by molar-refractivity contribution is -0.384. The lowest BCUT2D eigenvalue weighted by Crippen LogP contribution is -2.25. The molecule has 0 fully saturated rings. The van der Waals surface area contributed by atoms with E-state index < -0.39 is 4.92 Å². The number of aromatic amines is 1. The summed E-state index contributed by atoms with van der Waals surface area (Å²) in [5.41, 5.74) is 3.49. The van der Waals surface area contributed by atoms with Crippen molar-refractivity contribution in [1.29, 1.82) is 0 Å². The van der Waals surface area contributed by atoms with Crippen LogP contribution in [0.15, 0.2) is 77.7 Å². The highest BCUT2D eigenvalue weighted by Crippen LogP contribution is 2.38. The molecule has 0 unspecified atom stereocenters. The number of benzene rings is 3. The van der Waals surface area contributed by atoms with Gasteiger partial charge in [0.1, 0.15) is 5.75 Å². The van der Waals surface area contributed by atoms with E-state index in [1.54, 1.807) is 18.9 Å². The summed E-state index contributed by atoms with van der Waals surface area (Å²) in [6.07, 6.45) is 0. The van der Waals surface area contributed by atoms with E-state index in [0.29, 0.717) is 17.9 Å². The number of hydrogen-bond donors (Lipinski definition) is 2. The number of nitrogens with zero attached hydrogens (tertiary/aromatic N) is 1. The van der Waals surface area contributed by atoms with Crippen LogP contribution in [0, 0.1) is 10.1 Å². The minimum absolute atomic E-state index is 0.0393. The molecule has 0 aliphatic carbocycles. The van der Waals surface area contributed by atoms with Gasteiger partial charge in [0, 0.05) is 45.8 Å². The van der Waals surface area contributed by atoms with Gasteiger partial charge in [-0.15, -0.1) is 11.8 Å². The SMILES string of the molecule is COc1ccc(-c2[nH]c3ccccc3c2SCCNC(=O)c2ccc([N+](=O)[O-])cc2)cc1. The Balaban J connectivity index is 1.45. The Morgan fingerprint density at radius 3 is 2.47 bits per heavy atom. The smallest absolute Gasteiger partial charge is 0.269 e. The molecule has 8 heteroatoms. The van der Waals surface area contributed by atoms with E-state index in [0.717, 1.165) is 32.8 Å². The Bertz CT molecular complexity index is 1250. The molecule has 1 amide bonds. The number of para-hydroxylation sites is 1. The van der Waals surface area contributed by atoms with E-state index in [9.17, 15) is 14.9 Å². The summed E-state index contributed by atoms with van der Waals surface area (Å²) in [7, 11) is 1.64. The third-order valence-corrected chi connectivity index (χ3v) is 6.13. The van der Waals surface area contributed by atoms with Crippen LogP contribution in [0.5, 0.6) is 5.75 Å². The zero-order valence-electron chi connectivity index (χ0n) is 17.3. The molecule has 0 aliphatic rings. The maximum absolute atomic E-state index is 12.3. The number of hydrogen-bond acceptors (Lipinski definition) is 5. The van der Waals surface area contributed by atoms with E-state index in [2.05, 4.69) is 16.4 Å². The lowest BCUT2D eigenvalue weighted by atomic mass is 10.1. The summed E-state index contributed by atoms with van der Waals surface area (Å²) in [6, 6.07) is 21.6. The molecule has 0 saturated carbocycles. The summed E-state index contributed by atoms with van der Waals surface area (Å²) in [4.78, 5) is 27.2. The third kappa shape index (κ3) is 4.60.